The quantitative estimate of drug-likeness (QED) is 0.826. The Morgan fingerprint density at radius 3 is 2.90 bits per heavy atom. The first kappa shape index (κ1) is 13.9. The Morgan fingerprint density at radius 2 is 2.24 bits per heavy atom. The van der Waals surface area contributed by atoms with E-state index >= 15 is 0 Å². The van der Waals surface area contributed by atoms with Crippen LogP contribution in [0.3, 0.4) is 0 Å². The van der Waals surface area contributed by atoms with Crippen LogP contribution < -0.4 is 10.5 Å². The molecular formula is C15H21N5O. The number of hydrogen-bond donors (Lipinski definition) is 1. The number of nitrogens with two attached hydrogens (primary N) is 1. The number of para-hydroxylation sites is 1. The lowest BCUT2D eigenvalue weighted by atomic mass is 10.1. The number of anilines is 1. The van der Waals surface area contributed by atoms with Crippen LogP contribution in [0, 0.1) is 5.92 Å². The molecule has 2 aromatic rings. The molecule has 1 aliphatic carbocycles. The standard InChI is InChI=1S/C15H21N5O/c1-3-11(9-10-7-8-10)20-15(17-18-19-20)12-5-4-6-13(16)14(12)21-2/h4-6,10-11H,3,7-9,16H2,1-2H3. The highest BCUT2D eigenvalue weighted by molar-refractivity contribution is 5.73. The first-order valence-electron chi connectivity index (χ1n) is 7.45. The molecule has 0 spiro atoms. The van der Waals surface area contributed by atoms with Gasteiger partial charge in [-0.25, -0.2) is 4.68 Å². The van der Waals surface area contributed by atoms with Gasteiger partial charge in [0.05, 0.1) is 24.4 Å². The molecule has 1 saturated carbocycles. The lowest BCUT2D eigenvalue weighted by Crippen LogP contribution is -2.13. The lowest BCUT2D eigenvalue weighted by Gasteiger charge is -2.17. The van der Waals surface area contributed by atoms with Crippen molar-refractivity contribution in [3.05, 3.63) is 18.2 Å². The van der Waals surface area contributed by atoms with E-state index in [4.69, 9.17) is 10.5 Å². The van der Waals surface area contributed by atoms with Crippen molar-refractivity contribution in [1.82, 2.24) is 20.2 Å². The summed E-state index contributed by atoms with van der Waals surface area (Å²) in [6, 6.07) is 5.99. The first-order valence-corrected chi connectivity index (χ1v) is 7.45. The van der Waals surface area contributed by atoms with Crippen LogP contribution in [0.2, 0.25) is 0 Å². The topological polar surface area (TPSA) is 78.9 Å². The van der Waals surface area contributed by atoms with E-state index in [1.807, 2.05) is 22.9 Å². The molecule has 1 aromatic carbocycles. The Kier molecular flexibility index (Phi) is 3.77. The number of tetrazole rings is 1. The Morgan fingerprint density at radius 1 is 1.43 bits per heavy atom. The number of hydrogen-bond acceptors (Lipinski definition) is 5. The maximum absolute atomic E-state index is 5.98. The fourth-order valence-electron chi connectivity index (χ4n) is 2.75. The second-order valence-electron chi connectivity index (χ2n) is 5.62. The van der Waals surface area contributed by atoms with E-state index in [0.717, 1.165) is 30.1 Å². The van der Waals surface area contributed by atoms with Crippen molar-refractivity contribution in [1.29, 1.82) is 0 Å². The molecule has 21 heavy (non-hydrogen) atoms. The second kappa shape index (κ2) is 5.71. The number of nitrogen functional groups attached to an aromatic ring is 1. The van der Waals surface area contributed by atoms with Crippen molar-refractivity contribution in [2.75, 3.05) is 12.8 Å². The maximum atomic E-state index is 5.98. The van der Waals surface area contributed by atoms with Gasteiger partial charge in [-0.2, -0.15) is 0 Å². The van der Waals surface area contributed by atoms with E-state index in [1.165, 1.54) is 12.8 Å². The van der Waals surface area contributed by atoms with Gasteiger partial charge < -0.3 is 10.5 Å². The van der Waals surface area contributed by atoms with Gasteiger partial charge in [0.15, 0.2) is 11.6 Å². The minimum absolute atomic E-state index is 0.327. The van der Waals surface area contributed by atoms with E-state index in [0.29, 0.717) is 17.5 Å². The summed E-state index contributed by atoms with van der Waals surface area (Å²) in [5.41, 5.74) is 7.43. The molecule has 112 valence electrons. The third kappa shape index (κ3) is 2.70. The summed E-state index contributed by atoms with van der Waals surface area (Å²) in [5, 5.41) is 12.3. The van der Waals surface area contributed by atoms with Crippen molar-refractivity contribution < 1.29 is 4.74 Å². The van der Waals surface area contributed by atoms with Crippen LogP contribution in [-0.2, 0) is 0 Å². The van der Waals surface area contributed by atoms with Gasteiger partial charge in [0, 0.05) is 0 Å². The highest BCUT2D eigenvalue weighted by Crippen LogP contribution is 2.40. The molecule has 2 N–H and O–H groups in total. The minimum Gasteiger partial charge on any atom is -0.494 e. The number of ether oxygens (including phenoxy) is 1. The summed E-state index contributed by atoms with van der Waals surface area (Å²) in [5.74, 6) is 2.19. The highest BCUT2D eigenvalue weighted by atomic mass is 16.5. The molecule has 6 heteroatoms. The Balaban J connectivity index is 1.99. The zero-order chi connectivity index (χ0) is 14.8. The van der Waals surface area contributed by atoms with Crippen molar-refractivity contribution in [3.8, 4) is 17.1 Å². The number of methoxy groups -OCH3 is 1. The number of aromatic nitrogens is 4. The lowest BCUT2D eigenvalue weighted by molar-refractivity contribution is 0.386. The maximum Gasteiger partial charge on any atom is 0.186 e. The molecule has 6 nitrogen and oxygen atoms in total. The van der Waals surface area contributed by atoms with Crippen molar-refractivity contribution in [2.24, 2.45) is 5.92 Å². The summed E-state index contributed by atoms with van der Waals surface area (Å²) < 4.78 is 7.35. The molecular weight excluding hydrogens is 266 g/mol. The molecule has 1 atom stereocenters. The van der Waals surface area contributed by atoms with Gasteiger partial charge in [0.25, 0.3) is 0 Å². The van der Waals surface area contributed by atoms with Crippen molar-refractivity contribution in [3.63, 3.8) is 0 Å². The predicted octanol–water partition coefficient (Wildman–Crippen LogP) is 2.68. The smallest absolute Gasteiger partial charge is 0.186 e. The van der Waals surface area contributed by atoms with Gasteiger partial charge in [-0.05, 0) is 41.3 Å². The number of rotatable bonds is 6. The van der Waals surface area contributed by atoms with E-state index in [-0.39, 0.29) is 0 Å². The summed E-state index contributed by atoms with van der Waals surface area (Å²) in [4.78, 5) is 0. The minimum atomic E-state index is 0.327. The normalized spacial score (nSPS) is 15.9. The molecule has 0 saturated heterocycles. The molecule has 1 fully saturated rings. The number of benzene rings is 1. The van der Waals surface area contributed by atoms with E-state index in [2.05, 4.69) is 22.4 Å². The average molecular weight is 287 g/mol. The molecule has 0 amide bonds. The predicted molar refractivity (Wildman–Crippen MR) is 80.9 cm³/mol. The fourth-order valence-corrected chi connectivity index (χ4v) is 2.75. The molecule has 1 unspecified atom stereocenters. The third-order valence-electron chi connectivity index (χ3n) is 4.10. The molecule has 1 aromatic heterocycles. The monoisotopic (exact) mass is 287 g/mol. The van der Waals surface area contributed by atoms with Crippen LogP contribution in [-0.4, -0.2) is 27.3 Å². The third-order valence-corrected chi connectivity index (χ3v) is 4.10. The van der Waals surface area contributed by atoms with Crippen molar-refractivity contribution >= 4 is 5.69 Å². The number of nitrogens with zero attached hydrogens (tertiary/aromatic N) is 4. The average Bonchev–Trinajstić information content (AvgIpc) is 3.19. The van der Waals surface area contributed by atoms with Crippen LogP contribution in [0.1, 0.15) is 38.6 Å². The molecule has 1 aliphatic rings. The summed E-state index contributed by atoms with van der Waals surface area (Å²) in [7, 11) is 1.62. The van der Waals surface area contributed by atoms with Crippen LogP contribution in [0.4, 0.5) is 5.69 Å². The second-order valence-corrected chi connectivity index (χ2v) is 5.62. The van der Waals surface area contributed by atoms with E-state index in [1.54, 1.807) is 7.11 Å². The van der Waals surface area contributed by atoms with Gasteiger partial charge >= 0.3 is 0 Å². The summed E-state index contributed by atoms with van der Waals surface area (Å²) in [6.45, 7) is 2.18. The zero-order valence-electron chi connectivity index (χ0n) is 12.5. The van der Waals surface area contributed by atoms with Crippen LogP contribution in [0.15, 0.2) is 18.2 Å². The molecule has 0 radical (unpaired) electrons. The van der Waals surface area contributed by atoms with Crippen LogP contribution in [0.5, 0.6) is 5.75 Å². The SMILES string of the molecule is CCC(CC1CC1)n1nnnc1-c1cccc(N)c1OC. The van der Waals surface area contributed by atoms with Gasteiger partial charge in [0.1, 0.15) is 0 Å². The molecule has 0 aliphatic heterocycles. The zero-order valence-corrected chi connectivity index (χ0v) is 12.5. The van der Waals surface area contributed by atoms with Gasteiger partial charge in [-0.1, -0.05) is 25.8 Å². The fraction of sp³-hybridized carbons (Fsp3) is 0.533. The summed E-state index contributed by atoms with van der Waals surface area (Å²) in [6.07, 6.45) is 4.81. The van der Waals surface area contributed by atoms with Gasteiger partial charge in [-0.3, -0.25) is 0 Å². The molecule has 3 rings (SSSR count). The Labute approximate surface area is 124 Å². The highest BCUT2D eigenvalue weighted by Gasteiger charge is 2.28. The van der Waals surface area contributed by atoms with Crippen molar-refractivity contribution in [2.45, 2.75) is 38.6 Å². The van der Waals surface area contributed by atoms with E-state index < -0.39 is 0 Å². The first-order chi connectivity index (χ1) is 10.2. The Hall–Kier alpha value is -2.11. The molecule has 1 heterocycles. The Bertz CT molecular complexity index is 620. The van der Waals surface area contributed by atoms with Gasteiger partial charge in [-0.15, -0.1) is 5.10 Å². The molecule has 0 bridgehead atoms. The van der Waals surface area contributed by atoms with Crippen LogP contribution >= 0.6 is 0 Å². The largest absolute Gasteiger partial charge is 0.494 e. The van der Waals surface area contributed by atoms with Crippen LogP contribution in [0.25, 0.3) is 11.4 Å². The summed E-state index contributed by atoms with van der Waals surface area (Å²) >= 11 is 0. The van der Waals surface area contributed by atoms with E-state index in [9.17, 15) is 0 Å². The van der Waals surface area contributed by atoms with Gasteiger partial charge in [0.2, 0.25) is 0 Å².